The summed E-state index contributed by atoms with van der Waals surface area (Å²) < 4.78 is 1.76. The molecule has 6 nitrogen and oxygen atoms in total. The maximum Gasteiger partial charge on any atom is 0.326 e. The largest absolute Gasteiger partial charge is 0.346 e. The van der Waals surface area contributed by atoms with Crippen LogP contribution in [0.4, 0.5) is 5.13 Å². The molecule has 0 unspecified atom stereocenters. The number of aromatic amines is 1. The number of rotatable bonds is 3. The normalized spacial score (nSPS) is 16.2. The molecule has 0 bridgehead atoms. The molecule has 24 heavy (non-hydrogen) atoms. The number of hydrogen-bond acceptors (Lipinski definition) is 5. The second-order valence-corrected chi connectivity index (χ2v) is 7.02. The average molecular weight is 345 g/mol. The maximum atomic E-state index is 12.1. The Morgan fingerprint density at radius 3 is 2.83 bits per heavy atom. The summed E-state index contributed by atoms with van der Waals surface area (Å²) in [5.74, 6) is 0. The molecular formula is C17H23N5OS. The topological polar surface area (TPSA) is 57.2 Å². The molecule has 0 spiro atoms. The molecule has 1 aliphatic rings. The predicted octanol–water partition coefficient (Wildman–Crippen LogP) is 2.47. The molecule has 3 heterocycles. The lowest BCUT2D eigenvalue weighted by molar-refractivity contribution is 0.313. The standard InChI is InChI=1S/C17H21N5OS.H2/c1-3-22-14-6-4-5-12(15(14)19-16(22)23)13-11-24-17(18-13)21-9-7-20(2)8-10-21;/h4-6,11H,3,7-10H2,1-2H3,(H,19,23);1H. The van der Waals surface area contributed by atoms with Crippen LogP contribution < -0.4 is 10.6 Å². The van der Waals surface area contributed by atoms with Gasteiger partial charge in [-0.15, -0.1) is 11.3 Å². The first-order valence-corrected chi connectivity index (χ1v) is 9.16. The molecule has 128 valence electrons. The van der Waals surface area contributed by atoms with Crippen molar-refractivity contribution >= 4 is 27.5 Å². The highest BCUT2D eigenvalue weighted by Crippen LogP contribution is 2.31. The van der Waals surface area contributed by atoms with Crippen LogP contribution in [0, 0.1) is 0 Å². The smallest absolute Gasteiger partial charge is 0.326 e. The fraction of sp³-hybridized carbons (Fsp3) is 0.412. The van der Waals surface area contributed by atoms with Crippen molar-refractivity contribution in [3.8, 4) is 11.3 Å². The summed E-state index contributed by atoms with van der Waals surface area (Å²) in [6.07, 6.45) is 0. The fourth-order valence-corrected chi connectivity index (χ4v) is 4.12. The lowest BCUT2D eigenvalue weighted by atomic mass is 10.1. The van der Waals surface area contributed by atoms with Gasteiger partial charge in [0.05, 0.1) is 16.7 Å². The number of H-pyrrole nitrogens is 1. The van der Waals surface area contributed by atoms with E-state index in [-0.39, 0.29) is 7.12 Å². The summed E-state index contributed by atoms with van der Waals surface area (Å²) in [4.78, 5) is 24.6. The number of fused-ring (bicyclic) bond motifs is 1. The summed E-state index contributed by atoms with van der Waals surface area (Å²) in [6.45, 7) is 6.79. The Labute approximate surface area is 145 Å². The zero-order valence-corrected chi connectivity index (χ0v) is 14.8. The van der Waals surface area contributed by atoms with Crippen LogP contribution in [0.15, 0.2) is 28.4 Å². The third-order valence-electron chi connectivity index (χ3n) is 4.67. The number of hydrogen-bond donors (Lipinski definition) is 1. The van der Waals surface area contributed by atoms with Crippen molar-refractivity contribution in [1.29, 1.82) is 0 Å². The minimum Gasteiger partial charge on any atom is -0.346 e. The van der Waals surface area contributed by atoms with E-state index in [4.69, 9.17) is 4.98 Å². The van der Waals surface area contributed by atoms with E-state index in [2.05, 4.69) is 27.2 Å². The molecule has 1 saturated heterocycles. The first-order valence-electron chi connectivity index (χ1n) is 8.28. The minimum atomic E-state index is -0.0607. The van der Waals surface area contributed by atoms with E-state index in [1.165, 1.54) is 0 Å². The number of piperazine rings is 1. The van der Waals surface area contributed by atoms with Crippen molar-refractivity contribution in [3.05, 3.63) is 34.1 Å². The Balaban J connectivity index is 0.00000182. The van der Waals surface area contributed by atoms with E-state index < -0.39 is 0 Å². The SMILES string of the molecule is CCn1c(=O)[nH]c2c(-c3csc(N4CCN(C)CC4)n3)cccc21.[HH]. The highest BCUT2D eigenvalue weighted by Gasteiger charge is 2.18. The predicted molar refractivity (Wildman–Crippen MR) is 101 cm³/mol. The lowest BCUT2D eigenvalue weighted by Gasteiger charge is -2.32. The van der Waals surface area contributed by atoms with Gasteiger partial charge in [-0.05, 0) is 20.0 Å². The highest BCUT2D eigenvalue weighted by atomic mass is 32.1. The molecule has 1 aliphatic heterocycles. The monoisotopic (exact) mass is 345 g/mol. The first-order chi connectivity index (χ1) is 11.7. The second-order valence-electron chi connectivity index (χ2n) is 6.18. The zero-order chi connectivity index (χ0) is 16.7. The Hall–Kier alpha value is -2.12. The van der Waals surface area contributed by atoms with Crippen molar-refractivity contribution in [2.45, 2.75) is 13.5 Å². The molecule has 0 aliphatic carbocycles. The number of imidazole rings is 1. The maximum absolute atomic E-state index is 12.1. The van der Waals surface area contributed by atoms with Crippen LogP contribution in [0.5, 0.6) is 0 Å². The van der Waals surface area contributed by atoms with Gasteiger partial charge < -0.3 is 14.8 Å². The van der Waals surface area contributed by atoms with Crippen molar-refractivity contribution in [2.24, 2.45) is 0 Å². The molecule has 3 aromatic rings. The van der Waals surface area contributed by atoms with Gasteiger partial charge in [-0.25, -0.2) is 9.78 Å². The number of nitrogens with zero attached hydrogens (tertiary/aromatic N) is 4. The van der Waals surface area contributed by atoms with Gasteiger partial charge in [0.1, 0.15) is 0 Å². The van der Waals surface area contributed by atoms with Crippen LogP contribution in [0.25, 0.3) is 22.3 Å². The molecule has 4 rings (SSSR count). The number of para-hydroxylation sites is 1. The number of benzene rings is 1. The van der Waals surface area contributed by atoms with Gasteiger partial charge >= 0.3 is 5.69 Å². The molecule has 1 fully saturated rings. The summed E-state index contributed by atoms with van der Waals surface area (Å²) >= 11 is 1.67. The average Bonchev–Trinajstić information content (AvgIpc) is 3.19. The van der Waals surface area contributed by atoms with Gasteiger partial charge in [0.25, 0.3) is 0 Å². The zero-order valence-electron chi connectivity index (χ0n) is 14.0. The third-order valence-corrected chi connectivity index (χ3v) is 5.57. The van der Waals surface area contributed by atoms with Crippen molar-refractivity contribution in [2.75, 3.05) is 38.1 Å². The second kappa shape index (κ2) is 6.07. The Morgan fingerprint density at radius 1 is 1.29 bits per heavy atom. The quantitative estimate of drug-likeness (QED) is 0.792. The van der Waals surface area contributed by atoms with Crippen LogP contribution in [-0.4, -0.2) is 52.7 Å². The molecule has 2 aromatic heterocycles. The summed E-state index contributed by atoms with van der Waals surface area (Å²) in [5, 5.41) is 3.15. The Kier molecular flexibility index (Phi) is 3.90. The molecule has 0 saturated carbocycles. The lowest BCUT2D eigenvalue weighted by Crippen LogP contribution is -2.44. The third kappa shape index (κ3) is 2.53. The molecule has 1 N–H and O–H groups in total. The number of nitrogens with one attached hydrogen (secondary N) is 1. The van der Waals surface area contributed by atoms with Crippen LogP contribution in [0.1, 0.15) is 8.35 Å². The molecule has 7 heteroatoms. The molecule has 0 radical (unpaired) electrons. The molecular weight excluding hydrogens is 322 g/mol. The minimum absolute atomic E-state index is 0. The van der Waals surface area contributed by atoms with Crippen molar-refractivity contribution in [3.63, 3.8) is 0 Å². The van der Waals surface area contributed by atoms with E-state index >= 15 is 0 Å². The highest BCUT2D eigenvalue weighted by molar-refractivity contribution is 7.14. The van der Waals surface area contributed by atoms with Gasteiger partial charge in [0.15, 0.2) is 5.13 Å². The summed E-state index contributed by atoms with van der Waals surface area (Å²) in [5.41, 5.74) is 3.68. The van der Waals surface area contributed by atoms with Gasteiger partial charge in [-0.3, -0.25) is 4.57 Å². The van der Waals surface area contributed by atoms with Crippen LogP contribution >= 0.6 is 11.3 Å². The van der Waals surface area contributed by atoms with E-state index in [0.29, 0.717) is 6.54 Å². The van der Waals surface area contributed by atoms with Crippen LogP contribution in [0.3, 0.4) is 0 Å². The van der Waals surface area contributed by atoms with Gasteiger partial charge in [-0.1, -0.05) is 12.1 Å². The van der Waals surface area contributed by atoms with Gasteiger partial charge in [0, 0.05) is 45.1 Å². The van der Waals surface area contributed by atoms with Crippen LogP contribution in [0.2, 0.25) is 0 Å². The van der Waals surface area contributed by atoms with Crippen molar-refractivity contribution in [1.82, 2.24) is 19.4 Å². The van der Waals surface area contributed by atoms with Crippen LogP contribution in [-0.2, 0) is 6.54 Å². The van der Waals surface area contributed by atoms with Gasteiger partial charge in [0.2, 0.25) is 0 Å². The molecule has 1 aromatic carbocycles. The first kappa shape index (κ1) is 15.4. The van der Waals surface area contributed by atoms with Gasteiger partial charge in [-0.2, -0.15) is 0 Å². The number of thiazole rings is 1. The fourth-order valence-electron chi connectivity index (χ4n) is 3.24. The van der Waals surface area contributed by atoms with Crippen molar-refractivity contribution < 1.29 is 1.43 Å². The number of anilines is 1. The van der Waals surface area contributed by atoms with E-state index in [0.717, 1.165) is 53.6 Å². The van der Waals surface area contributed by atoms with E-state index in [1.54, 1.807) is 15.9 Å². The summed E-state index contributed by atoms with van der Waals surface area (Å²) in [6, 6.07) is 6.00. The number of aromatic nitrogens is 3. The number of likely N-dealkylation sites (N-methyl/N-ethyl adjacent to an activating group) is 1. The molecule has 0 atom stereocenters. The van der Waals surface area contributed by atoms with E-state index in [1.807, 2.05) is 25.1 Å². The summed E-state index contributed by atoms with van der Waals surface area (Å²) in [7, 11) is 2.15. The Bertz CT molecular complexity index is 923. The van der Waals surface area contributed by atoms with E-state index in [9.17, 15) is 4.79 Å². The number of aryl methyl sites for hydroxylation is 1. The molecule has 0 amide bonds. The Morgan fingerprint density at radius 2 is 2.08 bits per heavy atom.